The van der Waals surface area contributed by atoms with Crippen LogP contribution < -0.4 is 11.5 Å². The lowest BCUT2D eigenvalue weighted by Gasteiger charge is -2.14. The molecule has 0 fully saturated rings. The summed E-state index contributed by atoms with van der Waals surface area (Å²) < 4.78 is 0. The minimum absolute atomic E-state index is 0.823. The van der Waals surface area contributed by atoms with Crippen LogP contribution in [0.25, 0.3) is 43.8 Å². The third-order valence-corrected chi connectivity index (χ3v) is 4.74. The summed E-state index contributed by atoms with van der Waals surface area (Å²) in [5, 5.41) is 4.55. The first-order chi connectivity index (χ1) is 10.8. The number of nitrogen functional groups attached to an aromatic ring is 2. The Hall–Kier alpha value is -3.00. The second-order valence-corrected chi connectivity index (χ2v) is 5.83. The van der Waals surface area contributed by atoms with Crippen molar-refractivity contribution in [1.29, 1.82) is 0 Å². The number of hydrogen-bond donors (Lipinski definition) is 2. The molecule has 5 rings (SSSR count). The summed E-state index contributed by atoms with van der Waals surface area (Å²) in [5.74, 6) is 0. The Morgan fingerprint density at radius 1 is 0.545 bits per heavy atom. The maximum Gasteiger partial charge on any atom is 0.0481 e. The van der Waals surface area contributed by atoms with E-state index in [1.165, 1.54) is 21.9 Å². The molecular weight excluding hydrogens is 268 g/mol. The molecule has 0 saturated heterocycles. The van der Waals surface area contributed by atoms with Crippen molar-refractivity contribution in [2.24, 2.45) is 0 Å². The van der Waals surface area contributed by atoms with Gasteiger partial charge in [-0.3, -0.25) is 0 Å². The van der Waals surface area contributed by atoms with Gasteiger partial charge in [0.25, 0.3) is 0 Å². The van der Waals surface area contributed by atoms with E-state index >= 15 is 0 Å². The molecule has 0 amide bonds. The van der Waals surface area contributed by atoms with Gasteiger partial charge in [-0.1, -0.05) is 60.7 Å². The second kappa shape index (κ2) is 3.80. The van der Waals surface area contributed by atoms with Crippen molar-refractivity contribution in [3.8, 4) is 22.3 Å². The SMILES string of the molecule is Nc1c2c(c(N)c3ccccc13)-c1cccc3cccc-2c13. The maximum absolute atomic E-state index is 6.54. The molecule has 4 N–H and O–H groups in total. The van der Waals surface area contributed by atoms with Crippen LogP contribution in [0.3, 0.4) is 0 Å². The van der Waals surface area contributed by atoms with Crippen LogP contribution in [0.1, 0.15) is 0 Å². The molecule has 0 saturated carbocycles. The molecule has 0 unspecified atom stereocenters. The molecule has 0 bridgehead atoms. The fourth-order valence-electron chi connectivity index (χ4n) is 3.81. The normalized spacial score (nSPS) is 12.0. The summed E-state index contributed by atoms with van der Waals surface area (Å²) >= 11 is 0. The third kappa shape index (κ3) is 1.21. The topological polar surface area (TPSA) is 52.0 Å². The lowest BCUT2D eigenvalue weighted by atomic mass is 9.94. The van der Waals surface area contributed by atoms with Crippen molar-refractivity contribution >= 4 is 32.9 Å². The summed E-state index contributed by atoms with van der Waals surface area (Å²) in [6.07, 6.45) is 0. The van der Waals surface area contributed by atoms with Crippen molar-refractivity contribution in [3.63, 3.8) is 0 Å². The highest BCUT2D eigenvalue weighted by atomic mass is 14.6. The Balaban J connectivity index is 2.10. The lowest BCUT2D eigenvalue weighted by molar-refractivity contribution is 1.70. The summed E-state index contributed by atoms with van der Waals surface area (Å²) in [7, 11) is 0. The molecule has 2 heteroatoms. The van der Waals surface area contributed by atoms with E-state index in [-0.39, 0.29) is 0 Å². The number of rotatable bonds is 0. The predicted molar refractivity (Wildman–Crippen MR) is 94.7 cm³/mol. The van der Waals surface area contributed by atoms with E-state index in [0.717, 1.165) is 33.3 Å². The van der Waals surface area contributed by atoms with Gasteiger partial charge < -0.3 is 11.5 Å². The second-order valence-electron chi connectivity index (χ2n) is 5.83. The Bertz CT molecular complexity index is 1010. The van der Waals surface area contributed by atoms with Gasteiger partial charge in [0.2, 0.25) is 0 Å². The molecule has 104 valence electrons. The zero-order valence-corrected chi connectivity index (χ0v) is 11.9. The average molecular weight is 282 g/mol. The van der Waals surface area contributed by atoms with Gasteiger partial charge in [-0.2, -0.15) is 0 Å². The molecule has 1 aliphatic rings. The van der Waals surface area contributed by atoms with Crippen LogP contribution in [0.4, 0.5) is 11.4 Å². The van der Waals surface area contributed by atoms with Crippen LogP contribution in [0.5, 0.6) is 0 Å². The number of anilines is 2. The van der Waals surface area contributed by atoms with Gasteiger partial charge in [0.05, 0.1) is 0 Å². The summed E-state index contributed by atoms with van der Waals surface area (Å²) in [5.41, 5.74) is 19.3. The zero-order valence-electron chi connectivity index (χ0n) is 11.9. The van der Waals surface area contributed by atoms with E-state index in [0.29, 0.717) is 0 Å². The molecule has 0 aliphatic heterocycles. The molecule has 0 aromatic heterocycles. The van der Waals surface area contributed by atoms with Gasteiger partial charge in [-0.05, 0) is 21.9 Å². The highest BCUT2D eigenvalue weighted by molar-refractivity contribution is 6.25. The molecule has 0 spiro atoms. The average Bonchev–Trinajstić information content (AvgIpc) is 2.90. The molecule has 0 radical (unpaired) electrons. The zero-order chi connectivity index (χ0) is 14.8. The highest BCUT2D eigenvalue weighted by Gasteiger charge is 2.27. The Kier molecular flexibility index (Phi) is 2.01. The largest absolute Gasteiger partial charge is 0.398 e. The van der Waals surface area contributed by atoms with E-state index < -0.39 is 0 Å². The maximum atomic E-state index is 6.54. The monoisotopic (exact) mass is 282 g/mol. The van der Waals surface area contributed by atoms with E-state index in [1.807, 2.05) is 24.3 Å². The van der Waals surface area contributed by atoms with Crippen molar-refractivity contribution < 1.29 is 0 Å². The lowest BCUT2D eigenvalue weighted by Crippen LogP contribution is -1.97. The first-order valence-electron chi connectivity index (χ1n) is 7.39. The van der Waals surface area contributed by atoms with Crippen molar-refractivity contribution in [2.45, 2.75) is 0 Å². The van der Waals surface area contributed by atoms with E-state index in [9.17, 15) is 0 Å². The van der Waals surface area contributed by atoms with Gasteiger partial charge in [-0.25, -0.2) is 0 Å². The van der Waals surface area contributed by atoms with Gasteiger partial charge in [0, 0.05) is 33.3 Å². The number of benzene rings is 4. The third-order valence-electron chi connectivity index (χ3n) is 4.74. The molecule has 2 nitrogen and oxygen atoms in total. The first-order valence-corrected chi connectivity index (χ1v) is 7.39. The van der Waals surface area contributed by atoms with Crippen LogP contribution in [0, 0.1) is 0 Å². The standard InChI is InChI=1S/C20H14N2/c21-19-12-7-1-2-8-13(12)20(22)18-15-10-4-6-11-5-3-9-14(16(11)15)17(18)19/h1-10H,21-22H2. The minimum atomic E-state index is 0.823. The molecule has 22 heavy (non-hydrogen) atoms. The molecule has 0 atom stereocenters. The first kappa shape index (κ1) is 11.6. The fourth-order valence-corrected chi connectivity index (χ4v) is 3.81. The van der Waals surface area contributed by atoms with Crippen molar-refractivity contribution in [3.05, 3.63) is 60.7 Å². The van der Waals surface area contributed by atoms with Crippen LogP contribution in [0.15, 0.2) is 60.7 Å². The number of hydrogen-bond acceptors (Lipinski definition) is 2. The van der Waals surface area contributed by atoms with Crippen LogP contribution in [-0.4, -0.2) is 0 Å². The van der Waals surface area contributed by atoms with Crippen LogP contribution in [-0.2, 0) is 0 Å². The number of fused-ring (bicyclic) bond motifs is 4. The molecule has 0 heterocycles. The summed E-state index contributed by atoms with van der Waals surface area (Å²) in [6, 6.07) is 20.8. The van der Waals surface area contributed by atoms with Gasteiger partial charge in [-0.15, -0.1) is 0 Å². The molecular formula is C20H14N2. The van der Waals surface area contributed by atoms with Gasteiger partial charge in [0.1, 0.15) is 0 Å². The fraction of sp³-hybridized carbons (Fsp3) is 0. The number of nitrogens with two attached hydrogens (primary N) is 2. The van der Waals surface area contributed by atoms with E-state index in [1.54, 1.807) is 0 Å². The van der Waals surface area contributed by atoms with Gasteiger partial charge in [0.15, 0.2) is 0 Å². The molecule has 4 aromatic rings. The Morgan fingerprint density at radius 2 is 1.05 bits per heavy atom. The quantitative estimate of drug-likeness (QED) is 0.316. The van der Waals surface area contributed by atoms with Crippen molar-refractivity contribution in [1.82, 2.24) is 0 Å². The minimum Gasteiger partial charge on any atom is -0.398 e. The summed E-state index contributed by atoms with van der Waals surface area (Å²) in [6.45, 7) is 0. The molecule has 4 aromatic carbocycles. The van der Waals surface area contributed by atoms with Crippen LogP contribution >= 0.6 is 0 Å². The Morgan fingerprint density at radius 3 is 1.55 bits per heavy atom. The summed E-state index contributed by atoms with van der Waals surface area (Å²) in [4.78, 5) is 0. The molecule has 1 aliphatic carbocycles. The van der Waals surface area contributed by atoms with E-state index in [4.69, 9.17) is 11.5 Å². The van der Waals surface area contributed by atoms with Gasteiger partial charge >= 0.3 is 0 Å². The Labute approximate surface area is 128 Å². The van der Waals surface area contributed by atoms with Crippen LogP contribution in [0.2, 0.25) is 0 Å². The smallest absolute Gasteiger partial charge is 0.0481 e. The van der Waals surface area contributed by atoms with E-state index in [2.05, 4.69) is 36.4 Å². The van der Waals surface area contributed by atoms with Crippen molar-refractivity contribution in [2.75, 3.05) is 11.5 Å². The highest BCUT2D eigenvalue weighted by Crippen LogP contribution is 2.54. The predicted octanol–water partition coefficient (Wildman–Crippen LogP) is 4.80.